The lowest BCUT2D eigenvalue weighted by Gasteiger charge is -2.11. The fraction of sp³-hybridized carbons (Fsp3) is 0.118. The van der Waals surface area contributed by atoms with Gasteiger partial charge >= 0.3 is 11.8 Å². The second-order valence-electron chi connectivity index (χ2n) is 4.85. The molecule has 0 aromatic heterocycles. The van der Waals surface area contributed by atoms with Crippen molar-refractivity contribution in [2.24, 2.45) is 5.10 Å². The second kappa shape index (κ2) is 9.07. The van der Waals surface area contributed by atoms with Crippen molar-refractivity contribution in [1.82, 2.24) is 5.43 Å². The van der Waals surface area contributed by atoms with E-state index in [1.165, 1.54) is 26.5 Å². The Kier molecular flexibility index (Phi) is 6.82. The number of nitrogens with one attached hydrogen (secondary N) is 2. The van der Waals surface area contributed by atoms with Crippen LogP contribution in [-0.2, 0) is 9.59 Å². The Morgan fingerprint density at radius 1 is 1.04 bits per heavy atom. The Hall–Kier alpha value is -2.77. The average molecular weight is 396 g/mol. The molecule has 2 aromatic rings. The highest BCUT2D eigenvalue weighted by atomic mass is 35.5. The number of carbonyl (C=O) groups is 2. The van der Waals surface area contributed by atoms with Gasteiger partial charge in [-0.1, -0.05) is 29.3 Å². The standard InChI is InChI=1S/C17H15Cl2N3O4/c1-25-10-6-7-15(26-2)14(8-10)21-16(23)17(24)22-20-9-11-12(18)4-3-5-13(11)19/h3-9H,1-2H3,(H,21,23)(H,22,24). The number of hydrogen-bond donors (Lipinski definition) is 2. The molecule has 2 aromatic carbocycles. The Labute approximate surface area is 159 Å². The van der Waals surface area contributed by atoms with Crippen LogP contribution in [0.1, 0.15) is 5.56 Å². The summed E-state index contributed by atoms with van der Waals surface area (Å²) in [6.45, 7) is 0. The van der Waals surface area contributed by atoms with Gasteiger partial charge in [-0.2, -0.15) is 5.10 Å². The van der Waals surface area contributed by atoms with Crippen LogP contribution >= 0.6 is 23.2 Å². The summed E-state index contributed by atoms with van der Waals surface area (Å²) in [5.41, 5.74) is 2.81. The largest absolute Gasteiger partial charge is 0.497 e. The number of methoxy groups -OCH3 is 2. The van der Waals surface area contributed by atoms with E-state index in [0.29, 0.717) is 27.1 Å². The molecule has 0 unspecified atom stereocenters. The molecule has 2 amide bonds. The Morgan fingerprint density at radius 2 is 1.73 bits per heavy atom. The summed E-state index contributed by atoms with van der Waals surface area (Å²) in [5, 5.41) is 6.84. The van der Waals surface area contributed by atoms with E-state index in [9.17, 15) is 9.59 Å². The molecule has 0 spiro atoms. The van der Waals surface area contributed by atoms with Crippen molar-refractivity contribution in [3.05, 3.63) is 52.0 Å². The molecule has 0 aliphatic heterocycles. The number of carbonyl (C=O) groups excluding carboxylic acids is 2. The number of anilines is 1. The lowest BCUT2D eigenvalue weighted by Crippen LogP contribution is -2.32. The van der Waals surface area contributed by atoms with E-state index < -0.39 is 11.8 Å². The van der Waals surface area contributed by atoms with Crippen LogP contribution in [0.15, 0.2) is 41.5 Å². The molecule has 0 heterocycles. The summed E-state index contributed by atoms with van der Waals surface area (Å²) in [4.78, 5) is 23.9. The summed E-state index contributed by atoms with van der Waals surface area (Å²) in [6, 6.07) is 9.71. The van der Waals surface area contributed by atoms with Crippen molar-refractivity contribution in [3.63, 3.8) is 0 Å². The predicted octanol–water partition coefficient (Wildman–Crippen LogP) is 3.10. The SMILES string of the molecule is COc1ccc(OC)c(NC(=O)C(=O)NN=Cc2c(Cl)cccc2Cl)c1. The third-order valence-corrected chi connectivity index (χ3v) is 3.88. The fourth-order valence-electron chi connectivity index (χ4n) is 1.93. The lowest BCUT2D eigenvalue weighted by atomic mass is 10.2. The second-order valence-corrected chi connectivity index (χ2v) is 5.67. The molecule has 2 N–H and O–H groups in total. The fourth-order valence-corrected chi connectivity index (χ4v) is 2.43. The van der Waals surface area contributed by atoms with Gasteiger partial charge in [-0.3, -0.25) is 9.59 Å². The Morgan fingerprint density at radius 3 is 2.35 bits per heavy atom. The van der Waals surface area contributed by atoms with Crippen molar-refractivity contribution < 1.29 is 19.1 Å². The number of hydrogen-bond acceptors (Lipinski definition) is 5. The molecule has 136 valence electrons. The van der Waals surface area contributed by atoms with Gasteiger partial charge in [0.2, 0.25) is 0 Å². The van der Waals surface area contributed by atoms with Gasteiger partial charge in [0.05, 0.1) is 36.2 Å². The predicted molar refractivity (Wildman–Crippen MR) is 100 cm³/mol. The van der Waals surface area contributed by atoms with Gasteiger partial charge in [-0.05, 0) is 24.3 Å². The van der Waals surface area contributed by atoms with Gasteiger partial charge < -0.3 is 14.8 Å². The number of nitrogens with zero attached hydrogens (tertiary/aromatic N) is 1. The molecule has 0 radical (unpaired) electrons. The van der Waals surface area contributed by atoms with Crippen molar-refractivity contribution >= 4 is 46.9 Å². The number of amides is 2. The van der Waals surface area contributed by atoms with Crippen LogP contribution in [0.3, 0.4) is 0 Å². The zero-order valence-electron chi connectivity index (χ0n) is 13.9. The molecule has 0 saturated carbocycles. The Balaban J connectivity index is 2.04. The minimum atomic E-state index is -0.978. The third-order valence-electron chi connectivity index (χ3n) is 3.22. The van der Waals surface area contributed by atoms with Crippen LogP contribution in [0.2, 0.25) is 10.0 Å². The zero-order valence-corrected chi connectivity index (χ0v) is 15.4. The minimum absolute atomic E-state index is 0.283. The molecule has 26 heavy (non-hydrogen) atoms. The summed E-state index contributed by atoms with van der Waals surface area (Å²) in [6.07, 6.45) is 1.25. The molecule has 0 aliphatic carbocycles. The van der Waals surface area contributed by atoms with Gasteiger partial charge in [-0.25, -0.2) is 5.43 Å². The first-order valence-electron chi connectivity index (χ1n) is 7.26. The van der Waals surface area contributed by atoms with E-state index in [-0.39, 0.29) is 5.69 Å². The van der Waals surface area contributed by atoms with Crippen LogP contribution in [0.5, 0.6) is 11.5 Å². The monoisotopic (exact) mass is 395 g/mol. The topological polar surface area (TPSA) is 89.0 Å². The van der Waals surface area contributed by atoms with Crippen LogP contribution in [0.25, 0.3) is 0 Å². The molecule has 0 fully saturated rings. The van der Waals surface area contributed by atoms with E-state index in [0.717, 1.165) is 0 Å². The number of benzene rings is 2. The van der Waals surface area contributed by atoms with Crippen LogP contribution < -0.4 is 20.2 Å². The molecular weight excluding hydrogens is 381 g/mol. The summed E-state index contributed by atoms with van der Waals surface area (Å²) < 4.78 is 10.2. The number of rotatable bonds is 5. The Bertz CT molecular complexity index is 836. The van der Waals surface area contributed by atoms with Gasteiger partial charge in [0.15, 0.2) is 0 Å². The van der Waals surface area contributed by atoms with Crippen molar-refractivity contribution in [3.8, 4) is 11.5 Å². The van der Waals surface area contributed by atoms with Crippen LogP contribution in [0, 0.1) is 0 Å². The summed E-state index contributed by atoms with van der Waals surface area (Å²) in [5.74, 6) is -1.04. The third kappa shape index (κ3) is 4.87. The summed E-state index contributed by atoms with van der Waals surface area (Å²) >= 11 is 12.0. The van der Waals surface area contributed by atoms with E-state index in [1.807, 2.05) is 0 Å². The smallest absolute Gasteiger partial charge is 0.329 e. The van der Waals surface area contributed by atoms with Gasteiger partial charge in [0.25, 0.3) is 0 Å². The van der Waals surface area contributed by atoms with Gasteiger partial charge in [0, 0.05) is 11.6 Å². The zero-order chi connectivity index (χ0) is 19.1. The maximum absolute atomic E-state index is 12.0. The first kappa shape index (κ1) is 19.6. The van der Waals surface area contributed by atoms with Crippen molar-refractivity contribution in [2.45, 2.75) is 0 Å². The molecule has 0 atom stereocenters. The van der Waals surface area contributed by atoms with Gasteiger partial charge in [0.1, 0.15) is 11.5 Å². The van der Waals surface area contributed by atoms with Crippen molar-refractivity contribution in [1.29, 1.82) is 0 Å². The van der Waals surface area contributed by atoms with Crippen LogP contribution in [-0.4, -0.2) is 32.2 Å². The van der Waals surface area contributed by atoms with E-state index in [4.69, 9.17) is 32.7 Å². The quantitative estimate of drug-likeness (QED) is 0.462. The van der Waals surface area contributed by atoms with E-state index in [1.54, 1.807) is 30.3 Å². The number of hydrazone groups is 1. The molecule has 0 saturated heterocycles. The summed E-state index contributed by atoms with van der Waals surface area (Å²) in [7, 11) is 2.92. The molecule has 2 rings (SSSR count). The number of ether oxygens (including phenoxy) is 2. The highest BCUT2D eigenvalue weighted by molar-refractivity contribution is 6.40. The maximum Gasteiger partial charge on any atom is 0.329 e. The highest BCUT2D eigenvalue weighted by Gasteiger charge is 2.16. The minimum Gasteiger partial charge on any atom is -0.497 e. The molecule has 0 bridgehead atoms. The highest BCUT2D eigenvalue weighted by Crippen LogP contribution is 2.28. The molecule has 0 aliphatic rings. The van der Waals surface area contributed by atoms with Crippen LogP contribution in [0.4, 0.5) is 5.69 Å². The first-order valence-corrected chi connectivity index (χ1v) is 8.02. The first-order chi connectivity index (χ1) is 12.5. The van der Waals surface area contributed by atoms with E-state index in [2.05, 4.69) is 15.8 Å². The normalized spacial score (nSPS) is 10.5. The van der Waals surface area contributed by atoms with E-state index >= 15 is 0 Å². The lowest BCUT2D eigenvalue weighted by molar-refractivity contribution is -0.136. The molecule has 7 nitrogen and oxygen atoms in total. The molecule has 9 heteroatoms. The maximum atomic E-state index is 12.0. The average Bonchev–Trinajstić information content (AvgIpc) is 2.63. The number of halogens is 2. The van der Waals surface area contributed by atoms with Crippen molar-refractivity contribution in [2.75, 3.05) is 19.5 Å². The molecular formula is C17H15Cl2N3O4. The van der Waals surface area contributed by atoms with Gasteiger partial charge in [-0.15, -0.1) is 0 Å².